The van der Waals surface area contributed by atoms with Gasteiger partial charge >= 0.3 is 0 Å². The van der Waals surface area contributed by atoms with Crippen molar-refractivity contribution in [2.45, 2.75) is 51.3 Å². The second-order valence-corrected chi connectivity index (χ2v) is 9.69. The maximum Gasteiger partial charge on any atom is 0.0747 e. The van der Waals surface area contributed by atoms with Gasteiger partial charge in [0.2, 0.25) is 0 Å². The highest BCUT2D eigenvalue weighted by Crippen LogP contribution is 2.33. The zero-order valence-electron chi connectivity index (χ0n) is 19.8. The van der Waals surface area contributed by atoms with Gasteiger partial charge in [-0.25, -0.2) is 0 Å². The quantitative estimate of drug-likeness (QED) is 0.655. The molecule has 2 aromatic rings. The van der Waals surface area contributed by atoms with Crippen LogP contribution in [0.4, 0.5) is 5.69 Å². The predicted molar refractivity (Wildman–Crippen MR) is 133 cm³/mol. The molecule has 3 N–H and O–H groups in total. The molecule has 172 valence electrons. The second kappa shape index (κ2) is 9.97. The molecule has 2 aliphatic heterocycles. The number of nitrogens with zero attached hydrogens (tertiary/aromatic N) is 2. The first kappa shape index (κ1) is 22.7. The van der Waals surface area contributed by atoms with Gasteiger partial charge in [-0.1, -0.05) is 36.4 Å². The van der Waals surface area contributed by atoms with Crippen LogP contribution in [0.5, 0.6) is 0 Å². The summed E-state index contributed by atoms with van der Waals surface area (Å²) in [6.45, 7) is 9.24. The molecule has 32 heavy (non-hydrogen) atoms. The van der Waals surface area contributed by atoms with Gasteiger partial charge in [0.25, 0.3) is 0 Å². The molecule has 0 amide bonds. The summed E-state index contributed by atoms with van der Waals surface area (Å²) in [5.41, 5.74) is 12.3. The highest BCUT2D eigenvalue weighted by atomic mass is 16.5. The third kappa shape index (κ3) is 5.28. The van der Waals surface area contributed by atoms with Crippen molar-refractivity contribution >= 4 is 11.4 Å². The number of nitrogens with one attached hydrogen (secondary N) is 1. The molecule has 0 aromatic heterocycles. The molecule has 2 aliphatic rings. The van der Waals surface area contributed by atoms with Crippen LogP contribution in [-0.4, -0.2) is 49.8 Å². The SMILES string of the molecule is Cc1cc(N2CC(C)(N(C)Cc3ccccc3)C2)ccc1/C(N)=C/NCC1CCCCO1. The Hall–Kier alpha value is -2.50. The molecule has 4 rings (SSSR count). The van der Waals surface area contributed by atoms with Gasteiger partial charge in [-0.15, -0.1) is 0 Å². The zero-order valence-corrected chi connectivity index (χ0v) is 19.8. The van der Waals surface area contributed by atoms with Crippen molar-refractivity contribution in [2.75, 3.05) is 38.2 Å². The van der Waals surface area contributed by atoms with Gasteiger partial charge in [-0.05, 0) is 63.4 Å². The summed E-state index contributed by atoms with van der Waals surface area (Å²) in [6.07, 6.45) is 5.80. The summed E-state index contributed by atoms with van der Waals surface area (Å²) in [4.78, 5) is 4.93. The van der Waals surface area contributed by atoms with Crippen molar-refractivity contribution in [2.24, 2.45) is 5.73 Å². The van der Waals surface area contributed by atoms with Crippen molar-refractivity contribution in [3.63, 3.8) is 0 Å². The topological polar surface area (TPSA) is 53.8 Å². The number of ether oxygens (including phenoxy) is 1. The summed E-state index contributed by atoms with van der Waals surface area (Å²) >= 11 is 0. The van der Waals surface area contributed by atoms with Crippen molar-refractivity contribution in [1.29, 1.82) is 0 Å². The molecule has 1 atom stereocenters. The Labute approximate surface area is 193 Å². The molecule has 2 heterocycles. The Morgan fingerprint density at radius 2 is 2.00 bits per heavy atom. The minimum atomic E-state index is 0.187. The van der Waals surface area contributed by atoms with Crippen LogP contribution in [-0.2, 0) is 11.3 Å². The Morgan fingerprint density at radius 3 is 2.69 bits per heavy atom. The fourth-order valence-corrected chi connectivity index (χ4v) is 4.76. The van der Waals surface area contributed by atoms with Crippen LogP contribution in [0.15, 0.2) is 54.7 Å². The Morgan fingerprint density at radius 1 is 1.22 bits per heavy atom. The fourth-order valence-electron chi connectivity index (χ4n) is 4.76. The third-order valence-electron chi connectivity index (χ3n) is 7.01. The van der Waals surface area contributed by atoms with E-state index in [2.05, 4.69) is 84.5 Å². The summed E-state index contributed by atoms with van der Waals surface area (Å²) in [6, 6.07) is 17.3. The highest BCUT2D eigenvalue weighted by Gasteiger charge is 2.42. The van der Waals surface area contributed by atoms with E-state index in [0.29, 0.717) is 6.10 Å². The van der Waals surface area contributed by atoms with Crippen molar-refractivity contribution < 1.29 is 4.74 Å². The largest absolute Gasteiger partial charge is 0.397 e. The predicted octanol–water partition coefficient (Wildman–Crippen LogP) is 4.12. The molecule has 0 radical (unpaired) electrons. The van der Waals surface area contributed by atoms with Crippen LogP contribution in [0.2, 0.25) is 0 Å². The van der Waals surface area contributed by atoms with Gasteiger partial charge in [0, 0.05) is 50.2 Å². The van der Waals surface area contributed by atoms with E-state index in [-0.39, 0.29) is 5.54 Å². The van der Waals surface area contributed by atoms with E-state index in [1.54, 1.807) is 0 Å². The van der Waals surface area contributed by atoms with Crippen LogP contribution in [0.1, 0.15) is 42.9 Å². The Bertz CT molecular complexity index is 915. The lowest BCUT2D eigenvalue weighted by molar-refractivity contribution is 0.0188. The lowest BCUT2D eigenvalue weighted by Gasteiger charge is -2.54. The normalized spacial score (nSPS) is 20.8. The van der Waals surface area contributed by atoms with E-state index in [1.807, 2.05) is 6.20 Å². The van der Waals surface area contributed by atoms with Gasteiger partial charge in [0.1, 0.15) is 0 Å². The maximum atomic E-state index is 6.38. The molecule has 0 spiro atoms. The van der Waals surface area contributed by atoms with Crippen molar-refractivity contribution in [1.82, 2.24) is 10.2 Å². The number of hydrogen-bond donors (Lipinski definition) is 2. The molecule has 5 heteroatoms. The average molecular weight is 435 g/mol. The number of nitrogens with two attached hydrogens (primary N) is 1. The number of hydrogen-bond acceptors (Lipinski definition) is 5. The van der Waals surface area contributed by atoms with Crippen LogP contribution in [0, 0.1) is 6.92 Å². The summed E-state index contributed by atoms with van der Waals surface area (Å²) in [5, 5.41) is 3.36. The first-order chi connectivity index (χ1) is 15.4. The zero-order chi connectivity index (χ0) is 22.6. The first-order valence-corrected chi connectivity index (χ1v) is 11.9. The maximum absolute atomic E-state index is 6.38. The van der Waals surface area contributed by atoms with Gasteiger partial charge in [-0.2, -0.15) is 0 Å². The van der Waals surface area contributed by atoms with Crippen LogP contribution in [0.3, 0.4) is 0 Å². The highest BCUT2D eigenvalue weighted by molar-refractivity contribution is 5.68. The molecule has 0 bridgehead atoms. The van der Waals surface area contributed by atoms with Crippen LogP contribution >= 0.6 is 0 Å². The van der Waals surface area contributed by atoms with E-state index >= 15 is 0 Å². The smallest absolute Gasteiger partial charge is 0.0747 e. The molecular weight excluding hydrogens is 396 g/mol. The minimum absolute atomic E-state index is 0.187. The number of rotatable bonds is 8. The minimum Gasteiger partial charge on any atom is -0.397 e. The molecule has 5 nitrogen and oxygen atoms in total. The summed E-state index contributed by atoms with van der Waals surface area (Å²) in [5.74, 6) is 0. The molecule has 2 aromatic carbocycles. The number of benzene rings is 2. The van der Waals surface area contributed by atoms with Crippen molar-refractivity contribution in [3.05, 3.63) is 71.4 Å². The monoisotopic (exact) mass is 434 g/mol. The Balaban J connectivity index is 1.32. The van der Waals surface area contributed by atoms with E-state index in [1.165, 1.54) is 29.7 Å². The molecule has 1 unspecified atom stereocenters. The van der Waals surface area contributed by atoms with Gasteiger partial charge < -0.3 is 20.7 Å². The summed E-state index contributed by atoms with van der Waals surface area (Å²) in [7, 11) is 2.23. The van der Waals surface area contributed by atoms with Gasteiger partial charge in [0.15, 0.2) is 0 Å². The van der Waals surface area contributed by atoms with E-state index in [0.717, 1.165) is 50.5 Å². The molecule has 2 saturated heterocycles. The number of likely N-dealkylation sites (N-methyl/N-ethyl adjacent to an activating group) is 1. The van der Waals surface area contributed by atoms with E-state index in [4.69, 9.17) is 10.5 Å². The molecule has 0 aliphatic carbocycles. The molecule has 0 saturated carbocycles. The lowest BCUT2D eigenvalue weighted by Crippen LogP contribution is -2.67. The average Bonchev–Trinajstić information content (AvgIpc) is 2.78. The lowest BCUT2D eigenvalue weighted by atomic mass is 9.88. The van der Waals surface area contributed by atoms with E-state index in [9.17, 15) is 0 Å². The van der Waals surface area contributed by atoms with Gasteiger partial charge in [-0.3, -0.25) is 4.90 Å². The van der Waals surface area contributed by atoms with Crippen LogP contribution in [0.25, 0.3) is 5.70 Å². The molecule has 2 fully saturated rings. The van der Waals surface area contributed by atoms with Gasteiger partial charge in [0.05, 0.1) is 17.3 Å². The standard InChI is InChI=1S/C27H38N4O/c1-21-15-23(12-13-25(21)26(28)17-29-16-24-11-7-8-14-32-24)31-19-27(2,20-31)30(3)18-22-9-5-4-6-10-22/h4-6,9-10,12-13,15,17,24,29H,7-8,11,14,16,18-20,28H2,1-3H3/b26-17-. The number of anilines is 1. The van der Waals surface area contributed by atoms with E-state index < -0.39 is 0 Å². The van der Waals surface area contributed by atoms with Crippen LogP contribution < -0.4 is 16.0 Å². The second-order valence-electron chi connectivity index (χ2n) is 9.69. The first-order valence-electron chi connectivity index (χ1n) is 11.9. The molecular formula is C27H38N4O. The van der Waals surface area contributed by atoms with Crippen molar-refractivity contribution in [3.8, 4) is 0 Å². The summed E-state index contributed by atoms with van der Waals surface area (Å²) < 4.78 is 5.78. The number of aryl methyl sites for hydroxylation is 1. The fraction of sp³-hybridized carbons (Fsp3) is 0.481. The Kier molecular flexibility index (Phi) is 7.07. The third-order valence-corrected chi connectivity index (χ3v) is 7.01.